The molecule has 3 rings (SSSR count). The molecule has 128 valence electrons. The lowest BCUT2D eigenvalue weighted by Crippen LogP contribution is -2.27. The zero-order valence-electron chi connectivity index (χ0n) is 13.3. The Morgan fingerprint density at radius 1 is 1.16 bits per heavy atom. The molecule has 0 radical (unpaired) electrons. The highest BCUT2D eigenvalue weighted by Crippen LogP contribution is 2.18. The number of pyridine rings is 1. The van der Waals surface area contributed by atoms with Gasteiger partial charge in [-0.1, -0.05) is 23.9 Å². The summed E-state index contributed by atoms with van der Waals surface area (Å²) in [7, 11) is 0. The van der Waals surface area contributed by atoms with E-state index in [4.69, 9.17) is 0 Å². The number of H-pyrrole nitrogens is 1. The van der Waals surface area contributed by atoms with Crippen LogP contribution in [-0.2, 0) is 11.2 Å². The standard InChI is InChI=1S/C17H16FN5OS/c18-14-3-1-12(2-4-14)5-10-20-15(24)11-25-17-21-16(22-23-17)13-6-8-19-9-7-13/h1-4,6-9H,5,10-11H2,(H,20,24)(H,21,22,23). The van der Waals surface area contributed by atoms with Crippen LogP contribution >= 0.6 is 11.8 Å². The van der Waals surface area contributed by atoms with Gasteiger partial charge < -0.3 is 5.32 Å². The fraction of sp³-hybridized carbons (Fsp3) is 0.176. The van der Waals surface area contributed by atoms with Crippen molar-refractivity contribution in [2.75, 3.05) is 12.3 Å². The molecule has 0 spiro atoms. The lowest BCUT2D eigenvalue weighted by Gasteiger charge is -2.04. The van der Waals surface area contributed by atoms with Gasteiger partial charge in [0.05, 0.1) is 5.75 Å². The number of carbonyl (C=O) groups is 1. The Morgan fingerprint density at radius 3 is 2.68 bits per heavy atom. The van der Waals surface area contributed by atoms with Crippen LogP contribution in [0.5, 0.6) is 0 Å². The van der Waals surface area contributed by atoms with Crippen molar-refractivity contribution in [1.82, 2.24) is 25.5 Å². The van der Waals surface area contributed by atoms with E-state index in [1.165, 1.54) is 23.9 Å². The molecule has 0 saturated heterocycles. The van der Waals surface area contributed by atoms with Crippen LogP contribution in [0.15, 0.2) is 53.9 Å². The molecule has 25 heavy (non-hydrogen) atoms. The maximum absolute atomic E-state index is 12.8. The van der Waals surface area contributed by atoms with Crippen LogP contribution in [-0.4, -0.2) is 38.4 Å². The van der Waals surface area contributed by atoms with E-state index < -0.39 is 0 Å². The molecular formula is C17H16FN5OS. The highest BCUT2D eigenvalue weighted by atomic mass is 32.2. The quantitative estimate of drug-likeness (QED) is 0.635. The summed E-state index contributed by atoms with van der Waals surface area (Å²) in [5.74, 6) is 0.516. The van der Waals surface area contributed by atoms with Crippen LogP contribution < -0.4 is 5.32 Å². The van der Waals surface area contributed by atoms with Crippen LogP contribution in [0.3, 0.4) is 0 Å². The number of thioether (sulfide) groups is 1. The maximum Gasteiger partial charge on any atom is 0.230 e. The molecule has 0 saturated carbocycles. The second-order valence-corrected chi connectivity index (χ2v) is 6.16. The Hall–Kier alpha value is -2.74. The Labute approximate surface area is 148 Å². The number of nitrogens with zero attached hydrogens (tertiary/aromatic N) is 3. The van der Waals surface area contributed by atoms with E-state index >= 15 is 0 Å². The van der Waals surface area contributed by atoms with Gasteiger partial charge in [-0.25, -0.2) is 9.37 Å². The third-order valence-electron chi connectivity index (χ3n) is 3.40. The van der Waals surface area contributed by atoms with Crippen molar-refractivity contribution in [1.29, 1.82) is 0 Å². The van der Waals surface area contributed by atoms with Crippen molar-refractivity contribution in [3.8, 4) is 11.4 Å². The average Bonchev–Trinajstić information content (AvgIpc) is 3.11. The summed E-state index contributed by atoms with van der Waals surface area (Å²) in [6, 6.07) is 9.91. The molecule has 0 atom stereocenters. The maximum atomic E-state index is 12.8. The second kappa shape index (κ2) is 8.39. The van der Waals surface area contributed by atoms with Gasteiger partial charge in [0.25, 0.3) is 0 Å². The van der Waals surface area contributed by atoms with Gasteiger partial charge >= 0.3 is 0 Å². The lowest BCUT2D eigenvalue weighted by molar-refractivity contribution is -0.118. The van der Waals surface area contributed by atoms with Gasteiger partial charge in [-0.05, 0) is 36.2 Å². The SMILES string of the molecule is O=C(CSc1n[nH]c(-c2ccncc2)n1)NCCc1ccc(F)cc1. The summed E-state index contributed by atoms with van der Waals surface area (Å²) in [4.78, 5) is 20.2. The summed E-state index contributed by atoms with van der Waals surface area (Å²) in [6.45, 7) is 0.501. The molecule has 1 amide bonds. The average molecular weight is 357 g/mol. The number of benzene rings is 1. The summed E-state index contributed by atoms with van der Waals surface area (Å²) in [6.07, 6.45) is 4.02. The third kappa shape index (κ3) is 5.12. The van der Waals surface area contributed by atoms with E-state index in [9.17, 15) is 9.18 Å². The zero-order valence-corrected chi connectivity index (χ0v) is 14.1. The zero-order chi connectivity index (χ0) is 17.5. The Morgan fingerprint density at radius 2 is 1.92 bits per heavy atom. The number of amides is 1. The van der Waals surface area contributed by atoms with Crippen LogP contribution in [0.1, 0.15) is 5.56 Å². The van der Waals surface area contributed by atoms with Crippen molar-refractivity contribution >= 4 is 17.7 Å². The Kier molecular flexibility index (Phi) is 5.73. The monoisotopic (exact) mass is 357 g/mol. The fourth-order valence-electron chi connectivity index (χ4n) is 2.13. The van der Waals surface area contributed by atoms with Crippen molar-refractivity contribution in [2.45, 2.75) is 11.6 Å². The topological polar surface area (TPSA) is 83.6 Å². The first kappa shape index (κ1) is 17.1. The predicted octanol–water partition coefficient (Wildman–Crippen LogP) is 2.46. The van der Waals surface area contributed by atoms with E-state index in [0.717, 1.165) is 11.1 Å². The first-order valence-electron chi connectivity index (χ1n) is 7.67. The number of rotatable bonds is 7. The van der Waals surface area contributed by atoms with E-state index in [1.54, 1.807) is 24.5 Å². The molecule has 0 aliphatic rings. The molecular weight excluding hydrogens is 341 g/mol. The van der Waals surface area contributed by atoms with Gasteiger partial charge in [0.2, 0.25) is 11.1 Å². The number of aromatic nitrogens is 4. The molecule has 3 aromatic rings. The van der Waals surface area contributed by atoms with E-state index in [0.29, 0.717) is 23.9 Å². The minimum atomic E-state index is -0.262. The Balaban J connectivity index is 1.42. The van der Waals surface area contributed by atoms with Crippen molar-refractivity contribution in [3.05, 3.63) is 60.2 Å². The van der Waals surface area contributed by atoms with Gasteiger partial charge in [0.1, 0.15) is 5.82 Å². The lowest BCUT2D eigenvalue weighted by atomic mass is 10.1. The molecule has 0 bridgehead atoms. The fourth-order valence-corrected chi connectivity index (χ4v) is 2.76. The minimum absolute atomic E-state index is 0.0950. The molecule has 2 heterocycles. The van der Waals surface area contributed by atoms with E-state index in [-0.39, 0.29) is 17.5 Å². The van der Waals surface area contributed by atoms with Crippen LogP contribution in [0.4, 0.5) is 4.39 Å². The molecule has 0 aliphatic carbocycles. The van der Waals surface area contributed by atoms with Gasteiger partial charge in [-0.15, -0.1) is 5.10 Å². The first-order valence-corrected chi connectivity index (χ1v) is 8.66. The van der Waals surface area contributed by atoms with Crippen LogP contribution in [0, 0.1) is 5.82 Å². The highest BCUT2D eigenvalue weighted by molar-refractivity contribution is 7.99. The molecule has 0 fully saturated rings. The number of nitrogens with one attached hydrogen (secondary N) is 2. The minimum Gasteiger partial charge on any atom is -0.355 e. The van der Waals surface area contributed by atoms with Crippen LogP contribution in [0.2, 0.25) is 0 Å². The highest BCUT2D eigenvalue weighted by Gasteiger charge is 2.08. The number of carbonyl (C=O) groups excluding carboxylic acids is 1. The normalized spacial score (nSPS) is 10.6. The van der Waals surface area contributed by atoms with E-state index in [1.807, 2.05) is 12.1 Å². The molecule has 2 aromatic heterocycles. The molecule has 2 N–H and O–H groups in total. The predicted molar refractivity (Wildman–Crippen MR) is 93.5 cm³/mol. The van der Waals surface area contributed by atoms with Gasteiger partial charge in [0, 0.05) is 24.5 Å². The summed E-state index contributed by atoms with van der Waals surface area (Å²) >= 11 is 1.26. The summed E-state index contributed by atoms with van der Waals surface area (Å²) < 4.78 is 12.8. The van der Waals surface area contributed by atoms with Crippen LogP contribution in [0.25, 0.3) is 11.4 Å². The molecule has 0 aliphatic heterocycles. The van der Waals surface area contributed by atoms with Gasteiger partial charge in [0.15, 0.2) is 5.82 Å². The third-order valence-corrected chi connectivity index (χ3v) is 4.25. The smallest absolute Gasteiger partial charge is 0.230 e. The number of halogens is 1. The number of hydrogen-bond donors (Lipinski definition) is 2. The molecule has 8 heteroatoms. The number of hydrogen-bond acceptors (Lipinski definition) is 5. The first-order chi connectivity index (χ1) is 12.2. The van der Waals surface area contributed by atoms with Crippen molar-refractivity contribution in [3.63, 3.8) is 0 Å². The van der Waals surface area contributed by atoms with Crippen molar-refractivity contribution < 1.29 is 9.18 Å². The van der Waals surface area contributed by atoms with Gasteiger partial charge in [-0.3, -0.25) is 14.9 Å². The van der Waals surface area contributed by atoms with Gasteiger partial charge in [-0.2, -0.15) is 0 Å². The summed E-state index contributed by atoms with van der Waals surface area (Å²) in [5.41, 5.74) is 1.86. The second-order valence-electron chi connectivity index (χ2n) is 5.22. The van der Waals surface area contributed by atoms with E-state index in [2.05, 4.69) is 25.5 Å². The number of aromatic amines is 1. The van der Waals surface area contributed by atoms with Crippen molar-refractivity contribution in [2.24, 2.45) is 0 Å². The molecule has 0 unspecified atom stereocenters. The molecule has 1 aromatic carbocycles. The summed E-state index contributed by atoms with van der Waals surface area (Å²) in [5, 5.41) is 10.3. The molecule has 6 nitrogen and oxygen atoms in total. The Bertz CT molecular complexity index is 823. The largest absolute Gasteiger partial charge is 0.355 e.